The minimum absolute atomic E-state index is 0. The van der Waals surface area contributed by atoms with Gasteiger partial charge in [-0.3, -0.25) is 4.79 Å². The Labute approximate surface area is 168 Å². The van der Waals surface area contributed by atoms with Crippen LogP contribution in [0, 0.1) is 12.5 Å². The summed E-state index contributed by atoms with van der Waals surface area (Å²) in [5.41, 5.74) is 2.17. The number of amides is 1. The van der Waals surface area contributed by atoms with E-state index >= 15 is 0 Å². The number of benzene rings is 1. The van der Waals surface area contributed by atoms with Gasteiger partial charge in [-0.2, -0.15) is 0 Å². The van der Waals surface area contributed by atoms with E-state index in [4.69, 9.17) is 0 Å². The van der Waals surface area contributed by atoms with Gasteiger partial charge in [0.1, 0.15) is 0 Å². The van der Waals surface area contributed by atoms with Crippen LogP contribution in [0.5, 0.6) is 0 Å². The van der Waals surface area contributed by atoms with E-state index in [-0.39, 0.29) is 37.3 Å². The summed E-state index contributed by atoms with van der Waals surface area (Å²) in [6, 6.07) is 8.33. The van der Waals surface area contributed by atoms with Gasteiger partial charge >= 0.3 is 0 Å². The van der Waals surface area contributed by atoms with E-state index in [1.807, 2.05) is 30.9 Å². The van der Waals surface area contributed by atoms with Gasteiger partial charge in [0.25, 0.3) is 0 Å². The van der Waals surface area contributed by atoms with Crippen molar-refractivity contribution in [1.29, 1.82) is 0 Å². The Morgan fingerprint density at radius 3 is 2.20 bits per heavy atom. The second kappa shape index (κ2) is 8.83. The maximum atomic E-state index is 13.1. The topological polar surface area (TPSA) is 20.3 Å². The molecule has 3 rings (SSSR count). The third kappa shape index (κ3) is 4.20. The van der Waals surface area contributed by atoms with Crippen molar-refractivity contribution in [2.24, 2.45) is 5.92 Å². The SMILES string of the molecule is CC.CC1[CH-]N(C(C)(C)C)C(=O)c2ccccc2C12CCCCC2.[Re]. The summed E-state index contributed by atoms with van der Waals surface area (Å²) < 4.78 is 0. The van der Waals surface area contributed by atoms with Gasteiger partial charge in [-0.1, -0.05) is 58.2 Å². The third-order valence-corrected chi connectivity index (χ3v) is 5.63. The molecule has 0 aromatic heterocycles. The normalized spacial score (nSPS) is 22.2. The molecule has 25 heavy (non-hydrogen) atoms. The molecule has 141 valence electrons. The van der Waals surface area contributed by atoms with Crippen molar-refractivity contribution in [3.05, 3.63) is 41.9 Å². The molecule has 1 amide bonds. The van der Waals surface area contributed by atoms with Crippen molar-refractivity contribution in [2.45, 2.75) is 84.6 Å². The van der Waals surface area contributed by atoms with Crippen LogP contribution in [0.4, 0.5) is 0 Å². The molecule has 1 spiro atoms. The Kier molecular flexibility index (Phi) is 7.91. The first-order chi connectivity index (χ1) is 11.4. The first-order valence-corrected chi connectivity index (χ1v) is 9.64. The van der Waals surface area contributed by atoms with Gasteiger partial charge in [-0.25, -0.2) is 6.54 Å². The van der Waals surface area contributed by atoms with Crippen molar-refractivity contribution in [1.82, 2.24) is 4.90 Å². The van der Waals surface area contributed by atoms with Gasteiger partial charge in [-0.05, 0) is 50.7 Å². The van der Waals surface area contributed by atoms with E-state index in [2.05, 4.69) is 46.4 Å². The number of nitrogens with zero attached hydrogens (tertiary/aromatic N) is 1. The number of hydrogen-bond donors (Lipinski definition) is 0. The summed E-state index contributed by atoms with van der Waals surface area (Å²) in [5, 5.41) is 0. The predicted octanol–water partition coefficient (Wildman–Crippen LogP) is 5.96. The summed E-state index contributed by atoms with van der Waals surface area (Å²) in [5.74, 6) is 0.553. The fraction of sp³-hybridized carbons (Fsp3) is 0.636. The molecule has 1 heterocycles. The van der Waals surface area contributed by atoms with Gasteiger partial charge < -0.3 is 4.90 Å². The molecule has 1 radical (unpaired) electrons. The third-order valence-electron chi connectivity index (χ3n) is 5.63. The summed E-state index contributed by atoms with van der Waals surface area (Å²) in [4.78, 5) is 15.1. The molecule has 1 atom stereocenters. The molecular weight excluding hydrogens is 480 g/mol. The number of hydrogen-bond acceptors (Lipinski definition) is 1. The summed E-state index contributed by atoms with van der Waals surface area (Å²) >= 11 is 0. The molecule has 1 aromatic rings. The molecule has 1 unspecified atom stereocenters. The summed E-state index contributed by atoms with van der Waals surface area (Å²) in [6.45, 7) is 14.9. The van der Waals surface area contributed by atoms with Crippen LogP contribution in [-0.2, 0) is 25.8 Å². The van der Waals surface area contributed by atoms with Gasteiger partial charge in [0.05, 0.1) is 0 Å². The zero-order valence-electron chi connectivity index (χ0n) is 16.7. The van der Waals surface area contributed by atoms with Crippen molar-refractivity contribution in [3.8, 4) is 0 Å². The maximum Gasteiger partial charge on any atom is 0.225 e. The molecule has 0 bridgehead atoms. The van der Waals surface area contributed by atoms with E-state index in [1.165, 1.54) is 37.7 Å². The predicted molar refractivity (Wildman–Crippen MR) is 102 cm³/mol. The number of carbonyl (C=O) groups excluding carboxylic acids is 1. The average molecular weight is 515 g/mol. The van der Waals surface area contributed by atoms with Crippen molar-refractivity contribution in [2.75, 3.05) is 0 Å². The minimum atomic E-state index is -0.182. The van der Waals surface area contributed by atoms with Gasteiger partial charge in [-0.15, -0.1) is 5.92 Å². The largest absolute Gasteiger partial charge is 0.484 e. The summed E-state index contributed by atoms with van der Waals surface area (Å²) in [6.07, 6.45) is 6.28. The Balaban J connectivity index is 0.00000101. The van der Waals surface area contributed by atoms with E-state index < -0.39 is 0 Å². The zero-order chi connectivity index (χ0) is 18.0. The quantitative estimate of drug-likeness (QED) is 0.391. The van der Waals surface area contributed by atoms with E-state index in [0.717, 1.165) is 5.56 Å². The molecule has 1 aromatic carbocycles. The van der Waals surface area contributed by atoms with Crippen LogP contribution in [0.25, 0.3) is 0 Å². The molecule has 2 aliphatic rings. The fourth-order valence-corrected chi connectivity index (χ4v) is 4.35. The molecule has 1 saturated carbocycles. The molecule has 1 aliphatic carbocycles. The average Bonchev–Trinajstić information content (AvgIpc) is 2.67. The first kappa shape index (κ1) is 22.4. The van der Waals surface area contributed by atoms with Crippen LogP contribution in [0.3, 0.4) is 0 Å². The number of carbonyl (C=O) groups is 1. The molecule has 1 fully saturated rings. The Morgan fingerprint density at radius 1 is 1.08 bits per heavy atom. The second-order valence-corrected chi connectivity index (χ2v) is 8.05. The minimum Gasteiger partial charge on any atom is -0.484 e. The maximum absolute atomic E-state index is 13.1. The van der Waals surface area contributed by atoms with E-state index in [9.17, 15) is 4.79 Å². The summed E-state index contributed by atoms with van der Waals surface area (Å²) in [7, 11) is 0. The van der Waals surface area contributed by atoms with Crippen molar-refractivity contribution >= 4 is 5.91 Å². The van der Waals surface area contributed by atoms with E-state index in [0.29, 0.717) is 5.92 Å². The van der Waals surface area contributed by atoms with Crippen LogP contribution in [0.2, 0.25) is 0 Å². The molecule has 0 N–H and O–H groups in total. The fourth-order valence-electron chi connectivity index (χ4n) is 4.35. The molecule has 2 nitrogen and oxygen atoms in total. The van der Waals surface area contributed by atoms with Crippen LogP contribution in [-0.4, -0.2) is 16.3 Å². The van der Waals surface area contributed by atoms with Crippen molar-refractivity contribution < 1.29 is 25.2 Å². The van der Waals surface area contributed by atoms with Crippen molar-refractivity contribution in [3.63, 3.8) is 0 Å². The molecule has 1 aliphatic heterocycles. The van der Waals surface area contributed by atoms with Crippen LogP contribution >= 0.6 is 0 Å². The second-order valence-electron chi connectivity index (χ2n) is 8.05. The first-order valence-electron chi connectivity index (χ1n) is 9.64. The Hall–Kier alpha value is -0.648. The Bertz CT molecular complexity index is 570. The van der Waals surface area contributed by atoms with Gasteiger partial charge in [0.15, 0.2) is 0 Å². The number of rotatable bonds is 0. The Morgan fingerprint density at radius 2 is 1.64 bits per heavy atom. The standard InChI is InChI=1S/C20H28NO.C2H6.Re/c1-15-14-21(19(2,3)4)18(22)16-10-6-7-11-17(16)20(15)12-8-5-9-13-20;1-2;/h6-7,10-11,14-15H,5,8-9,12-13H2,1-4H3;1-2H3;/q-1;;. The molecular formula is C22H34NORe-. The van der Waals surface area contributed by atoms with Crippen LogP contribution in [0.15, 0.2) is 24.3 Å². The van der Waals surface area contributed by atoms with E-state index in [1.54, 1.807) is 0 Å². The smallest absolute Gasteiger partial charge is 0.225 e. The van der Waals surface area contributed by atoms with Gasteiger partial charge in [0.2, 0.25) is 5.91 Å². The van der Waals surface area contributed by atoms with Crippen LogP contribution in [0.1, 0.15) is 89.6 Å². The van der Waals surface area contributed by atoms with Gasteiger partial charge in [0, 0.05) is 31.5 Å². The number of fused-ring (bicyclic) bond motifs is 2. The monoisotopic (exact) mass is 515 g/mol. The molecule has 0 saturated heterocycles. The van der Waals surface area contributed by atoms with Crippen LogP contribution < -0.4 is 0 Å². The zero-order valence-corrected chi connectivity index (χ0v) is 19.4. The molecule has 3 heteroatoms.